The maximum atomic E-state index is 11.7. The molecule has 2 unspecified atom stereocenters. The Labute approximate surface area is 96.4 Å². The highest BCUT2D eigenvalue weighted by molar-refractivity contribution is 5.93. The molecule has 0 radical (unpaired) electrons. The van der Waals surface area contributed by atoms with Crippen LogP contribution in [0, 0.1) is 5.92 Å². The molecule has 0 aromatic rings. The molecule has 0 aromatic heterocycles. The summed E-state index contributed by atoms with van der Waals surface area (Å²) in [5, 5.41) is 0. The first-order valence-electron chi connectivity index (χ1n) is 5.30. The van der Waals surface area contributed by atoms with Crippen molar-refractivity contribution in [1.29, 1.82) is 0 Å². The monoisotopic (exact) mass is 222 g/mol. The summed E-state index contributed by atoms with van der Waals surface area (Å²) in [6.45, 7) is 9.56. The third kappa shape index (κ3) is 2.54. The molecule has 2 atom stereocenters. The largest absolute Gasteiger partial charge is 0.497 e. The average molecular weight is 222 g/mol. The quantitative estimate of drug-likeness (QED) is 0.418. The van der Waals surface area contributed by atoms with Gasteiger partial charge in [0.25, 0.3) is 0 Å². The van der Waals surface area contributed by atoms with E-state index in [1.54, 1.807) is 12.2 Å². The summed E-state index contributed by atoms with van der Waals surface area (Å²) < 4.78 is 10.1. The summed E-state index contributed by atoms with van der Waals surface area (Å²) in [6.07, 6.45) is 3.31. The smallest absolute Gasteiger partial charge is 0.338 e. The van der Waals surface area contributed by atoms with Gasteiger partial charge in [-0.25, -0.2) is 4.79 Å². The Morgan fingerprint density at radius 2 is 2.12 bits per heavy atom. The van der Waals surface area contributed by atoms with Crippen LogP contribution in [0.3, 0.4) is 0 Å². The lowest BCUT2D eigenvalue weighted by atomic mass is 9.90. The number of carbonyl (C=O) groups is 1. The Balaban J connectivity index is 2.96. The summed E-state index contributed by atoms with van der Waals surface area (Å²) >= 11 is 0. The molecule has 3 nitrogen and oxygen atoms in total. The molecule has 0 fully saturated rings. The van der Waals surface area contributed by atoms with E-state index in [1.165, 1.54) is 7.11 Å². The molecule has 0 spiro atoms. The summed E-state index contributed by atoms with van der Waals surface area (Å²) in [5.74, 6) is 0.482. The normalized spacial score (nSPS) is 25.9. The molecule has 1 aliphatic rings. The third-order valence-corrected chi connectivity index (χ3v) is 3.02. The van der Waals surface area contributed by atoms with Crippen LogP contribution in [-0.4, -0.2) is 19.2 Å². The molecule has 0 saturated heterocycles. The first-order chi connectivity index (χ1) is 7.47. The lowest BCUT2D eigenvalue weighted by Gasteiger charge is -2.28. The van der Waals surface area contributed by atoms with Crippen LogP contribution in [0.2, 0.25) is 0 Å². The van der Waals surface area contributed by atoms with Crippen LogP contribution < -0.4 is 0 Å². The first kappa shape index (κ1) is 12.6. The number of hydrogen-bond donors (Lipinski definition) is 0. The van der Waals surface area contributed by atoms with Crippen LogP contribution in [0.1, 0.15) is 20.8 Å². The van der Waals surface area contributed by atoms with E-state index in [0.29, 0.717) is 11.3 Å². The number of ether oxygens (including phenoxy) is 2. The summed E-state index contributed by atoms with van der Waals surface area (Å²) in [4.78, 5) is 11.7. The standard InChI is InChI=1S/C13H18O3/c1-8(15-5)6-7-12-10(3)9(2)11(4)16-13(12)14/h6-7,9,11H,1H2,2-5H3/b7-6-. The van der Waals surface area contributed by atoms with Crippen molar-refractivity contribution in [1.82, 2.24) is 0 Å². The molecule has 1 heterocycles. The molecule has 16 heavy (non-hydrogen) atoms. The number of esters is 1. The summed E-state index contributed by atoms with van der Waals surface area (Å²) in [7, 11) is 1.54. The average Bonchev–Trinajstić information content (AvgIpc) is 2.25. The van der Waals surface area contributed by atoms with Gasteiger partial charge in [-0.2, -0.15) is 0 Å². The zero-order valence-electron chi connectivity index (χ0n) is 10.2. The predicted molar refractivity (Wildman–Crippen MR) is 62.7 cm³/mol. The molecule has 0 N–H and O–H groups in total. The van der Waals surface area contributed by atoms with E-state index in [1.807, 2.05) is 20.8 Å². The number of hydrogen-bond acceptors (Lipinski definition) is 3. The Hall–Kier alpha value is -1.51. The van der Waals surface area contributed by atoms with Gasteiger partial charge in [0.15, 0.2) is 0 Å². The minimum absolute atomic E-state index is 0.0599. The first-order valence-corrected chi connectivity index (χ1v) is 5.30. The SMILES string of the molecule is C=C(/C=C\C1=C(C)C(C)C(C)OC1=O)OC. The van der Waals surface area contributed by atoms with Gasteiger partial charge >= 0.3 is 5.97 Å². The highest BCUT2D eigenvalue weighted by atomic mass is 16.5. The van der Waals surface area contributed by atoms with Gasteiger partial charge < -0.3 is 9.47 Å². The van der Waals surface area contributed by atoms with Gasteiger partial charge in [-0.05, 0) is 26.0 Å². The zero-order valence-corrected chi connectivity index (χ0v) is 10.2. The van der Waals surface area contributed by atoms with Crippen LogP contribution in [0.25, 0.3) is 0 Å². The lowest BCUT2D eigenvalue weighted by molar-refractivity contribution is -0.146. The van der Waals surface area contributed by atoms with E-state index in [2.05, 4.69) is 6.58 Å². The number of cyclic esters (lactones) is 1. The fraction of sp³-hybridized carbons (Fsp3) is 0.462. The van der Waals surface area contributed by atoms with E-state index in [9.17, 15) is 4.79 Å². The van der Waals surface area contributed by atoms with Crippen LogP contribution in [-0.2, 0) is 14.3 Å². The number of rotatable bonds is 3. The van der Waals surface area contributed by atoms with Crippen LogP contribution in [0.4, 0.5) is 0 Å². The van der Waals surface area contributed by atoms with Crippen molar-refractivity contribution in [3.05, 3.63) is 35.6 Å². The lowest BCUT2D eigenvalue weighted by Crippen LogP contribution is -2.30. The van der Waals surface area contributed by atoms with Crippen molar-refractivity contribution < 1.29 is 14.3 Å². The Morgan fingerprint density at radius 3 is 2.69 bits per heavy atom. The van der Waals surface area contributed by atoms with Crippen LogP contribution >= 0.6 is 0 Å². The molecule has 0 saturated carbocycles. The fourth-order valence-corrected chi connectivity index (χ4v) is 1.54. The van der Waals surface area contributed by atoms with Crippen LogP contribution in [0.5, 0.6) is 0 Å². The van der Waals surface area contributed by atoms with Gasteiger partial charge in [-0.3, -0.25) is 0 Å². The van der Waals surface area contributed by atoms with Crippen molar-refractivity contribution in [2.45, 2.75) is 26.9 Å². The molecule has 0 aromatic carbocycles. The van der Waals surface area contributed by atoms with Crippen molar-refractivity contribution in [2.24, 2.45) is 5.92 Å². The summed E-state index contributed by atoms with van der Waals surface area (Å²) in [5.41, 5.74) is 1.65. The second kappa shape index (κ2) is 5.01. The van der Waals surface area contributed by atoms with Gasteiger partial charge in [0.2, 0.25) is 0 Å². The van der Waals surface area contributed by atoms with Crippen molar-refractivity contribution in [3.63, 3.8) is 0 Å². The van der Waals surface area contributed by atoms with Crippen LogP contribution in [0.15, 0.2) is 35.6 Å². The molecule has 0 aliphatic carbocycles. The molecule has 1 aliphatic heterocycles. The maximum Gasteiger partial charge on any atom is 0.338 e. The van der Waals surface area contributed by atoms with E-state index in [-0.39, 0.29) is 18.0 Å². The molecule has 0 bridgehead atoms. The van der Waals surface area contributed by atoms with Gasteiger partial charge in [0.1, 0.15) is 11.9 Å². The predicted octanol–water partition coefficient (Wildman–Crippen LogP) is 2.60. The fourth-order valence-electron chi connectivity index (χ4n) is 1.54. The van der Waals surface area contributed by atoms with Gasteiger partial charge in [-0.1, -0.05) is 19.1 Å². The molecular formula is C13H18O3. The topological polar surface area (TPSA) is 35.5 Å². The van der Waals surface area contributed by atoms with Gasteiger partial charge in [-0.15, -0.1) is 0 Å². The summed E-state index contributed by atoms with van der Waals surface area (Å²) in [6, 6.07) is 0. The highest BCUT2D eigenvalue weighted by Gasteiger charge is 2.28. The molecule has 3 heteroatoms. The number of carbonyl (C=O) groups excluding carboxylic acids is 1. The molecule has 88 valence electrons. The minimum Gasteiger partial charge on any atom is -0.497 e. The number of allylic oxidation sites excluding steroid dienone is 1. The minimum atomic E-state index is -0.275. The van der Waals surface area contributed by atoms with Crippen molar-refractivity contribution in [2.75, 3.05) is 7.11 Å². The second-order valence-corrected chi connectivity index (χ2v) is 4.00. The van der Waals surface area contributed by atoms with Gasteiger partial charge in [0, 0.05) is 5.92 Å². The molecular weight excluding hydrogens is 204 g/mol. The van der Waals surface area contributed by atoms with Crippen molar-refractivity contribution in [3.8, 4) is 0 Å². The van der Waals surface area contributed by atoms with E-state index in [0.717, 1.165) is 5.57 Å². The van der Waals surface area contributed by atoms with E-state index in [4.69, 9.17) is 9.47 Å². The van der Waals surface area contributed by atoms with E-state index < -0.39 is 0 Å². The Kier molecular flexibility index (Phi) is 3.93. The third-order valence-electron chi connectivity index (χ3n) is 3.02. The van der Waals surface area contributed by atoms with E-state index >= 15 is 0 Å². The molecule has 1 rings (SSSR count). The highest BCUT2D eigenvalue weighted by Crippen LogP contribution is 2.27. The van der Waals surface area contributed by atoms with Crippen molar-refractivity contribution >= 4 is 5.97 Å². The maximum absolute atomic E-state index is 11.7. The van der Waals surface area contributed by atoms with Gasteiger partial charge in [0.05, 0.1) is 12.7 Å². The molecule has 0 amide bonds. The Morgan fingerprint density at radius 1 is 1.50 bits per heavy atom. The Bertz CT molecular complexity index is 363. The zero-order chi connectivity index (χ0) is 12.3. The number of methoxy groups -OCH3 is 1. The second-order valence-electron chi connectivity index (χ2n) is 4.00.